The molecule has 4 nitrogen and oxygen atoms in total. The Hall–Kier alpha value is -2.33. The summed E-state index contributed by atoms with van der Waals surface area (Å²) in [5, 5.41) is 3.75. The third kappa shape index (κ3) is 3.02. The Bertz CT molecular complexity index is 792. The zero-order valence-corrected chi connectivity index (χ0v) is 14.6. The van der Waals surface area contributed by atoms with Gasteiger partial charge in [0.25, 0.3) is 5.91 Å². The van der Waals surface area contributed by atoms with Crippen molar-refractivity contribution in [2.45, 2.75) is 33.2 Å². The van der Waals surface area contributed by atoms with Crippen molar-refractivity contribution in [3.05, 3.63) is 58.1 Å². The van der Waals surface area contributed by atoms with E-state index in [1.807, 2.05) is 32.9 Å². The molecule has 1 fully saturated rings. The molecule has 2 aromatic rings. The highest BCUT2D eigenvalue weighted by molar-refractivity contribution is 6.30. The number of rotatable bonds is 3. The molecular weight excluding hydrogens is 324 g/mol. The number of carbonyl (C=O) groups is 2. The van der Waals surface area contributed by atoms with Gasteiger partial charge in [-0.3, -0.25) is 9.59 Å². The maximum absolute atomic E-state index is 12.8. The standard InChI is InChI=1S/C19H19ClN2O2/c1-11-8-12(2)18(13(3)9-11)22-17(23)10-16(19(22)24)21-15-6-4-14(20)5-7-15/h4-9,16,21H,10H2,1-3H3. The molecule has 1 atom stereocenters. The zero-order chi connectivity index (χ0) is 17.4. The molecule has 1 aliphatic heterocycles. The van der Waals surface area contributed by atoms with Gasteiger partial charge >= 0.3 is 0 Å². The molecule has 0 radical (unpaired) electrons. The highest BCUT2D eigenvalue weighted by atomic mass is 35.5. The molecule has 2 amide bonds. The molecule has 124 valence electrons. The average molecular weight is 343 g/mol. The van der Waals surface area contributed by atoms with Crippen molar-refractivity contribution < 1.29 is 9.59 Å². The number of anilines is 2. The second-order valence-electron chi connectivity index (χ2n) is 6.22. The summed E-state index contributed by atoms with van der Waals surface area (Å²) in [5.74, 6) is -0.397. The van der Waals surface area contributed by atoms with Crippen LogP contribution in [0.3, 0.4) is 0 Å². The number of benzene rings is 2. The molecular formula is C19H19ClN2O2. The van der Waals surface area contributed by atoms with Crippen molar-refractivity contribution in [2.75, 3.05) is 10.2 Å². The molecule has 0 saturated carbocycles. The van der Waals surface area contributed by atoms with Gasteiger partial charge in [-0.15, -0.1) is 0 Å². The molecule has 1 saturated heterocycles. The molecule has 2 aromatic carbocycles. The Morgan fingerprint density at radius 2 is 1.62 bits per heavy atom. The first kappa shape index (κ1) is 16.5. The van der Waals surface area contributed by atoms with E-state index in [1.165, 1.54) is 4.90 Å². The Kier molecular flexibility index (Phi) is 4.33. The van der Waals surface area contributed by atoms with E-state index in [0.717, 1.165) is 22.4 Å². The minimum atomic E-state index is -0.557. The number of aryl methyl sites for hydroxylation is 3. The van der Waals surface area contributed by atoms with Crippen LogP contribution in [-0.4, -0.2) is 17.9 Å². The fourth-order valence-electron chi connectivity index (χ4n) is 3.25. The highest BCUT2D eigenvalue weighted by Gasteiger charge is 2.40. The summed E-state index contributed by atoms with van der Waals surface area (Å²) in [6.45, 7) is 5.86. The Balaban J connectivity index is 1.88. The first-order valence-electron chi connectivity index (χ1n) is 7.83. The molecule has 1 unspecified atom stereocenters. The quantitative estimate of drug-likeness (QED) is 0.857. The van der Waals surface area contributed by atoms with E-state index in [2.05, 4.69) is 5.32 Å². The lowest BCUT2D eigenvalue weighted by molar-refractivity contribution is -0.121. The van der Waals surface area contributed by atoms with Gasteiger partial charge in [0.2, 0.25) is 5.91 Å². The first-order valence-corrected chi connectivity index (χ1v) is 8.21. The topological polar surface area (TPSA) is 49.4 Å². The summed E-state index contributed by atoms with van der Waals surface area (Å²) in [6, 6.07) is 10.5. The van der Waals surface area contributed by atoms with Gasteiger partial charge in [0.15, 0.2) is 0 Å². The van der Waals surface area contributed by atoms with Gasteiger partial charge in [0.05, 0.1) is 12.1 Å². The number of nitrogens with one attached hydrogen (secondary N) is 1. The minimum Gasteiger partial charge on any atom is -0.373 e. The number of hydrogen-bond acceptors (Lipinski definition) is 3. The van der Waals surface area contributed by atoms with Crippen LogP contribution in [0, 0.1) is 20.8 Å². The van der Waals surface area contributed by atoms with E-state index < -0.39 is 6.04 Å². The predicted octanol–water partition coefficient (Wildman–Crippen LogP) is 4.01. The molecule has 0 spiro atoms. The van der Waals surface area contributed by atoms with Crippen molar-refractivity contribution >= 4 is 34.8 Å². The van der Waals surface area contributed by atoms with Crippen molar-refractivity contribution in [1.82, 2.24) is 0 Å². The third-order valence-corrected chi connectivity index (χ3v) is 4.44. The number of carbonyl (C=O) groups excluding carboxylic acids is 2. The SMILES string of the molecule is Cc1cc(C)c(N2C(=O)CC(Nc3ccc(Cl)cc3)C2=O)c(C)c1. The second-order valence-corrected chi connectivity index (χ2v) is 6.66. The normalized spacial score (nSPS) is 17.5. The van der Waals surface area contributed by atoms with Crippen LogP contribution < -0.4 is 10.2 Å². The summed E-state index contributed by atoms with van der Waals surface area (Å²) in [4.78, 5) is 26.6. The van der Waals surface area contributed by atoms with Crippen LogP contribution in [0.5, 0.6) is 0 Å². The van der Waals surface area contributed by atoms with E-state index >= 15 is 0 Å². The monoisotopic (exact) mass is 342 g/mol. The lowest BCUT2D eigenvalue weighted by Gasteiger charge is -2.21. The lowest BCUT2D eigenvalue weighted by atomic mass is 10.0. The average Bonchev–Trinajstić information content (AvgIpc) is 2.76. The smallest absolute Gasteiger partial charge is 0.256 e. The predicted molar refractivity (Wildman–Crippen MR) is 96.6 cm³/mol. The summed E-state index contributed by atoms with van der Waals surface area (Å²) in [7, 11) is 0. The van der Waals surface area contributed by atoms with E-state index in [1.54, 1.807) is 24.3 Å². The highest BCUT2D eigenvalue weighted by Crippen LogP contribution is 2.31. The molecule has 0 aliphatic carbocycles. The largest absolute Gasteiger partial charge is 0.373 e. The number of nitrogens with zero attached hydrogens (tertiary/aromatic N) is 1. The van der Waals surface area contributed by atoms with Gasteiger partial charge in [-0.25, -0.2) is 4.90 Å². The number of hydrogen-bond donors (Lipinski definition) is 1. The van der Waals surface area contributed by atoms with E-state index in [9.17, 15) is 9.59 Å². The van der Waals surface area contributed by atoms with Gasteiger partial charge in [-0.2, -0.15) is 0 Å². The molecule has 0 bridgehead atoms. The van der Waals surface area contributed by atoms with E-state index in [0.29, 0.717) is 10.7 Å². The molecule has 24 heavy (non-hydrogen) atoms. The van der Waals surface area contributed by atoms with Crippen LogP contribution in [0.4, 0.5) is 11.4 Å². The number of amides is 2. The molecule has 1 N–H and O–H groups in total. The fourth-order valence-corrected chi connectivity index (χ4v) is 3.38. The van der Waals surface area contributed by atoms with Crippen molar-refractivity contribution in [1.29, 1.82) is 0 Å². The van der Waals surface area contributed by atoms with Crippen molar-refractivity contribution in [3.8, 4) is 0 Å². The van der Waals surface area contributed by atoms with Crippen molar-refractivity contribution in [2.24, 2.45) is 0 Å². The van der Waals surface area contributed by atoms with Gasteiger partial charge < -0.3 is 5.32 Å². The van der Waals surface area contributed by atoms with Crippen LogP contribution >= 0.6 is 11.6 Å². The van der Waals surface area contributed by atoms with E-state index in [-0.39, 0.29) is 18.2 Å². The molecule has 3 rings (SSSR count). The summed E-state index contributed by atoms with van der Waals surface area (Å²) in [5.41, 5.74) is 4.45. The molecule has 1 heterocycles. The van der Waals surface area contributed by atoms with Crippen LogP contribution in [0.1, 0.15) is 23.1 Å². The van der Waals surface area contributed by atoms with Crippen LogP contribution in [0.15, 0.2) is 36.4 Å². The first-order chi connectivity index (χ1) is 11.4. The number of imide groups is 1. The Labute approximate surface area is 146 Å². The lowest BCUT2D eigenvalue weighted by Crippen LogP contribution is -2.35. The molecule has 5 heteroatoms. The van der Waals surface area contributed by atoms with Crippen LogP contribution in [0.2, 0.25) is 5.02 Å². The summed E-state index contributed by atoms with van der Waals surface area (Å²) >= 11 is 5.87. The van der Waals surface area contributed by atoms with Gasteiger partial charge in [-0.05, 0) is 56.2 Å². The van der Waals surface area contributed by atoms with Crippen LogP contribution in [-0.2, 0) is 9.59 Å². The third-order valence-electron chi connectivity index (χ3n) is 4.19. The Morgan fingerprint density at radius 1 is 1.04 bits per heavy atom. The maximum Gasteiger partial charge on any atom is 0.256 e. The van der Waals surface area contributed by atoms with Crippen molar-refractivity contribution in [3.63, 3.8) is 0 Å². The van der Waals surface area contributed by atoms with Gasteiger partial charge in [0, 0.05) is 10.7 Å². The maximum atomic E-state index is 12.8. The second kappa shape index (κ2) is 6.29. The van der Waals surface area contributed by atoms with Gasteiger partial charge in [-0.1, -0.05) is 29.3 Å². The fraction of sp³-hybridized carbons (Fsp3) is 0.263. The van der Waals surface area contributed by atoms with Crippen LogP contribution in [0.25, 0.3) is 0 Å². The Morgan fingerprint density at radius 3 is 2.21 bits per heavy atom. The minimum absolute atomic E-state index is 0.147. The molecule has 1 aliphatic rings. The van der Waals surface area contributed by atoms with E-state index in [4.69, 9.17) is 11.6 Å². The molecule has 0 aromatic heterocycles. The number of halogens is 1. The van der Waals surface area contributed by atoms with Gasteiger partial charge in [0.1, 0.15) is 6.04 Å². The zero-order valence-electron chi connectivity index (χ0n) is 13.9. The summed E-state index contributed by atoms with van der Waals surface area (Å²) in [6.07, 6.45) is 0.147. The summed E-state index contributed by atoms with van der Waals surface area (Å²) < 4.78 is 0.